The molecule has 1 saturated carbocycles. The number of fused-ring (bicyclic) bond motifs is 3. The Morgan fingerprint density at radius 2 is 1.55 bits per heavy atom. The quantitative estimate of drug-likeness (QED) is 0.750. The molecule has 1 heterocycles. The molecule has 0 spiro atoms. The maximum Gasteiger partial charge on any atom is 0.401 e. The van der Waals surface area contributed by atoms with Gasteiger partial charge in [0.05, 0.1) is 5.54 Å². The second-order valence-electron chi connectivity index (χ2n) is 6.37. The highest BCUT2D eigenvalue weighted by Gasteiger charge is 2.89. The molecule has 1 aliphatic carbocycles. The Labute approximate surface area is 127 Å². The Bertz CT molecular complexity index is 739. The summed E-state index contributed by atoms with van der Waals surface area (Å²) < 4.78 is 42.6. The maximum absolute atomic E-state index is 14.2. The van der Waals surface area contributed by atoms with Crippen LogP contribution in [-0.2, 0) is 5.41 Å². The molecule has 1 aliphatic heterocycles. The van der Waals surface area contributed by atoms with Crippen LogP contribution in [0, 0.1) is 0 Å². The smallest absolute Gasteiger partial charge is 0.367 e. The number of alkyl halides is 3. The van der Waals surface area contributed by atoms with Gasteiger partial charge in [-0.1, -0.05) is 48.5 Å². The van der Waals surface area contributed by atoms with E-state index in [9.17, 15) is 13.2 Å². The summed E-state index contributed by atoms with van der Waals surface area (Å²) >= 11 is 0. The van der Waals surface area contributed by atoms with Gasteiger partial charge in [-0.3, -0.25) is 0 Å². The fourth-order valence-electron chi connectivity index (χ4n) is 4.66. The highest BCUT2D eigenvalue weighted by molar-refractivity contribution is 5.76. The lowest BCUT2D eigenvalue weighted by Gasteiger charge is -2.34. The number of hydrogen-bond acceptors (Lipinski definition) is 1. The molecule has 114 valence electrons. The molecule has 3 atom stereocenters. The SMILES string of the molecule is CN1c2ccccc2[C@H]2[C@]1(C)[C@]2(c1ccccc1)C(F)(F)F. The minimum atomic E-state index is -4.30. The van der Waals surface area contributed by atoms with Crippen molar-refractivity contribution in [3.8, 4) is 0 Å². The molecule has 1 nitrogen and oxygen atoms in total. The molecule has 0 saturated heterocycles. The lowest BCUT2D eigenvalue weighted by Crippen LogP contribution is -2.45. The summed E-state index contributed by atoms with van der Waals surface area (Å²) in [6, 6.07) is 15.8. The summed E-state index contributed by atoms with van der Waals surface area (Å²) in [5.41, 5.74) is -0.725. The van der Waals surface area contributed by atoms with Gasteiger partial charge < -0.3 is 4.90 Å². The predicted octanol–water partition coefficient (Wildman–Crippen LogP) is 4.49. The monoisotopic (exact) mass is 303 g/mol. The molecule has 2 aromatic rings. The number of nitrogens with zero attached hydrogens (tertiary/aromatic N) is 1. The van der Waals surface area contributed by atoms with Crippen LogP contribution < -0.4 is 4.90 Å². The van der Waals surface area contributed by atoms with E-state index in [1.807, 2.05) is 29.2 Å². The van der Waals surface area contributed by atoms with Crippen molar-refractivity contribution in [3.63, 3.8) is 0 Å². The maximum atomic E-state index is 14.2. The first-order chi connectivity index (χ1) is 10.4. The van der Waals surface area contributed by atoms with Crippen LogP contribution in [0.4, 0.5) is 18.9 Å². The predicted molar refractivity (Wildman–Crippen MR) is 80.2 cm³/mol. The summed E-state index contributed by atoms with van der Waals surface area (Å²) in [7, 11) is 1.77. The lowest BCUT2D eigenvalue weighted by molar-refractivity contribution is -0.167. The molecule has 0 unspecified atom stereocenters. The van der Waals surface area contributed by atoms with Gasteiger partial charge in [-0.25, -0.2) is 0 Å². The number of benzene rings is 2. The Kier molecular flexibility index (Phi) is 2.40. The normalized spacial score (nSPS) is 32.6. The first-order valence-corrected chi connectivity index (χ1v) is 7.32. The van der Waals surface area contributed by atoms with Crippen molar-refractivity contribution in [1.82, 2.24) is 0 Å². The molecule has 0 N–H and O–H groups in total. The number of halogens is 3. The standard InChI is InChI=1S/C18H16F3N/c1-16-15(13-10-6-7-11-14(13)22(16)2)17(16,18(19,20)21)12-8-4-3-5-9-12/h3-11,15H,1-2H3/t15-,16+,17+/m0/s1. The fourth-order valence-corrected chi connectivity index (χ4v) is 4.66. The number of likely N-dealkylation sites (N-methyl/N-ethyl adjacent to an activating group) is 1. The molecule has 4 heteroatoms. The van der Waals surface area contributed by atoms with Crippen molar-refractivity contribution in [2.45, 2.75) is 30.0 Å². The van der Waals surface area contributed by atoms with E-state index in [0.29, 0.717) is 5.56 Å². The van der Waals surface area contributed by atoms with Gasteiger partial charge in [0.15, 0.2) is 0 Å². The van der Waals surface area contributed by atoms with Crippen LogP contribution in [-0.4, -0.2) is 18.8 Å². The second-order valence-corrected chi connectivity index (χ2v) is 6.37. The Balaban J connectivity index is 1.99. The molecule has 0 amide bonds. The fraction of sp³-hybridized carbons (Fsp3) is 0.333. The molecule has 2 aliphatic rings. The first kappa shape index (κ1) is 13.7. The van der Waals surface area contributed by atoms with Crippen LogP contribution >= 0.6 is 0 Å². The largest absolute Gasteiger partial charge is 0.401 e. The van der Waals surface area contributed by atoms with Crippen molar-refractivity contribution in [3.05, 3.63) is 65.7 Å². The lowest BCUT2D eigenvalue weighted by atomic mass is 9.86. The molecule has 0 radical (unpaired) electrons. The van der Waals surface area contributed by atoms with Crippen molar-refractivity contribution in [2.24, 2.45) is 0 Å². The minimum absolute atomic E-state index is 0.358. The van der Waals surface area contributed by atoms with Crippen molar-refractivity contribution in [1.29, 1.82) is 0 Å². The third-order valence-corrected chi connectivity index (χ3v) is 5.69. The van der Waals surface area contributed by atoms with E-state index in [2.05, 4.69) is 0 Å². The van der Waals surface area contributed by atoms with Crippen LogP contribution in [0.5, 0.6) is 0 Å². The van der Waals surface area contributed by atoms with Gasteiger partial charge in [-0.15, -0.1) is 0 Å². The third-order valence-electron chi connectivity index (χ3n) is 5.69. The summed E-state index contributed by atoms with van der Waals surface area (Å²) in [6.07, 6.45) is -4.30. The van der Waals surface area contributed by atoms with Crippen molar-refractivity contribution < 1.29 is 13.2 Å². The topological polar surface area (TPSA) is 3.24 Å². The zero-order valence-electron chi connectivity index (χ0n) is 12.4. The van der Waals surface area contributed by atoms with Gasteiger partial charge >= 0.3 is 6.18 Å². The van der Waals surface area contributed by atoms with E-state index in [0.717, 1.165) is 11.3 Å². The Morgan fingerprint density at radius 3 is 2.18 bits per heavy atom. The molecule has 0 bridgehead atoms. The summed E-state index contributed by atoms with van der Waals surface area (Å²) in [4.78, 5) is 1.81. The number of rotatable bonds is 1. The van der Waals surface area contributed by atoms with Crippen LogP contribution in [0.25, 0.3) is 0 Å². The van der Waals surface area contributed by atoms with Gasteiger partial charge in [0, 0.05) is 18.7 Å². The zero-order chi connectivity index (χ0) is 15.8. The van der Waals surface area contributed by atoms with E-state index >= 15 is 0 Å². The molecular formula is C18H16F3N. The Hall–Kier alpha value is -1.97. The molecule has 4 rings (SSSR count). The van der Waals surface area contributed by atoms with E-state index in [-0.39, 0.29) is 0 Å². The van der Waals surface area contributed by atoms with E-state index < -0.39 is 23.0 Å². The van der Waals surface area contributed by atoms with Crippen LogP contribution in [0.2, 0.25) is 0 Å². The summed E-state index contributed by atoms with van der Waals surface area (Å²) in [5, 5.41) is 0. The average Bonchev–Trinajstić information content (AvgIpc) is 3.02. The highest BCUT2D eigenvalue weighted by atomic mass is 19.4. The molecular weight excluding hydrogens is 287 g/mol. The van der Waals surface area contributed by atoms with E-state index in [1.54, 1.807) is 44.3 Å². The molecule has 22 heavy (non-hydrogen) atoms. The van der Waals surface area contributed by atoms with Crippen molar-refractivity contribution in [2.75, 3.05) is 11.9 Å². The molecule has 1 fully saturated rings. The zero-order valence-corrected chi connectivity index (χ0v) is 12.4. The number of para-hydroxylation sites is 1. The van der Waals surface area contributed by atoms with Crippen molar-refractivity contribution >= 4 is 5.69 Å². The van der Waals surface area contributed by atoms with Crippen LogP contribution in [0.3, 0.4) is 0 Å². The van der Waals surface area contributed by atoms with Crippen LogP contribution in [0.15, 0.2) is 54.6 Å². The summed E-state index contributed by atoms with van der Waals surface area (Å²) in [5.74, 6) is -0.552. The summed E-state index contributed by atoms with van der Waals surface area (Å²) in [6.45, 7) is 1.73. The first-order valence-electron chi connectivity index (χ1n) is 7.32. The van der Waals surface area contributed by atoms with Gasteiger partial charge in [0.1, 0.15) is 5.41 Å². The number of hydrogen-bond donors (Lipinski definition) is 0. The minimum Gasteiger partial charge on any atom is -0.367 e. The van der Waals surface area contributed by atoms with E-state index in [4.69, 9.17) is 0 Å². The van der Waals surface area contributed by atoms with Gasteiger partial charge in [-0.05, 0) is 24.1 Å². The average molecular weight is 303 g/mol. The Morgan fingerprint density at radius 1 is 0.955 bits per heavy atom. The molecule has 0 aromatic heterocycles. The highest BCUT2D eigenvalue weighted by Crippen LogP contribution is 2.80. The molecule has 2 aromatic carbocycles. The third kappa shape index (κ3) is 1.24. The van der Waals surface area contributed by atoms with Crippen LogP contribution in [0.1, 0.15) is 24.0 Å². The number of anilines is 1. The van der Waals surface area contributed by atoms with E-state index in [1.165, 1.54) is 0 Å². The van der Waals surface area contributed by atoms with Gasteiger partial charge in [0.25, 0.3) is 0 Å². The van der Waals surface area contributed by atoms with Gasteiger partial charge in [0.2, 0.25) is 0 Å². The second kappa shape index (κ2) is 3.86. The van der Waals surface area contributed by atoms with Gasteiger partial charge in [-0.2, -0.15) is 13.2 Å².